The summed E-state index contributed by atoms with van der Waals surface area (Å²) < 4.78 is 21.1. The Hall–Kier alpha value is -3.15. The SMILES string of the molecule is CCCn1nc(-c2ccc(OC)cc2F)cc1C(=O)Nc1ccc(C)cc1. The van der Waals surface area contributed by atoms with E-state index in [1.165, 1.54) is 13.2 Å². The molecule has 0 radical (unpaired) electrons. The largest absolute Gasteiger partial charge is 0.497 e. The van der Waals surface area contributed by atoms with Crippen LogP contribution in [-0.2, 0) is 6.54 Å². The number of carbonyl (C=O) groups is 1. The van der Waals surface area contributed by atoms with Crippen molar-refractivity contribution in [2.45, 2.75) is 26.8 Å². The molecule has 27 heavy (non-hydrogen) atoms. The quantitative estimate of drug-likeness (QED) is 0.689. The molecule has 3 rings (SSSR count). The number of nitrogens with zero attached hydrogens (tertiary/aromatic N) is 2. The topological polar surface area (TPSA) is 56.2 Å². The lowest BCUT2D eigenvalue weighted by atomic mass is 10.1. The van der Waals surface area contributed by atoms with E-state index in [0.717, 1.165) is 12.0 Å². The summed E-state index contributed by atoms with van der Waals surface area (Å²) in [5.74, 6) is -0.289. The zero-order valence-electron chi connectivity index (χ0n) is 15.6. The highest BCUT2D eigenvalue weighted by Crippen LogP contribution is 2.26. The van der Waals surface area contributed by atoms with E-state index in [2.05, 4.69) is 10.4 Å². The lowest BCUT2D eigenvalue weighted by Crippen LogP contribution is -2.17. The van der Waals surface area contributed by atoms with Gasteiger partial charge in [-0.1, -0.05) is 24.6 Å². The fraction of sp³-hybridized carbons (Fsp3) is 0.238. The van der Waals surface area contributed by atoms with Gasteiger partial charge >= 0.3 is 0 Å². The summed E-state index contributed by atoms with van der Waals surface area (Å²) in [5.41, 5.74) is 2.95. The Bertz CT molecular complexity index is 949. The minimum absolute atomic E-state index is 0.278. The summed E-state index contributed by atoms with van der Waals surface area (Å²) in [6, 6.07) is 13.7. The van der Waals surface area contributed by atoms with Crippen LogP contribution >= 0.6 is 0 Å². The molecule has 0 fully saturated rings. The van der Waals surface area contributed by atoms with Crippen LogP contribution in [0.2, 0.25) is 0 Å². The number of hydrogen-bond acceptors (Lipinski definition) is 3. The molecule has 0 spiro atoms. The van der Waals surface area contributed by atoms with Gasteiger partial charge in [-0.3, -0.25) is 9.48 Å². The van der Waals surface area contributed by atoms with Crippen LogP contribution in [0.4, 0.5) is 10.1 Å². The maximum Gasteiger partial charge on any atom is 0.273 e. The second-order valence-corrected chi connectivity index (χ2v) is 6.30. The van der Waals surface area contributed by atoms with Crippen LogP contribution in [0.15, 0.2) is 48.5 Å². The van der Waals surface area contributed by atoms with Gasteiger partial charge in [-0.05, 0) is 43.7 Å². The average molecular weight is 367 g/mol. The number of hydrogen-bond donors (Lipinski definition) is 1. The third kappa shape index (κ3) is 4.16. The molecule has 6 heteroatoms. The highest BCUT2D eigenvalue weighted by atomic mass is 19.1. The van der Waals surface area contributed by atoms with Crippen LogP contribution in [0.25, 0.3) is 11.3 Å². The number of carbonyl (C=O) groups excluding carboxylic acids is 1. The number of rotatable bonds is 6. The average Bonchev–Trinajstić information content (AvgIpc) is 3.07. The second-order valence-electron chi connectivity index (χ2n) is 6.30. The fourth-order valence-corrected chi connectivity index (χ4v) is 2.78. The summed E-state index contributed by atoms with van der Waals surface area (Å²) in [6.45, 7) is 4.54. The summed E-state index contributed by atoms with van der Waals surface area (Å²) in [5, 5.41) is 7.31. The van der Waals surface area contributed by atoms with Crippen molar-refractivity contribution in [3.05, 3.63) is 65.6 Å². The second kappa shape index (κ2) is 8.03. The summed E-state index contributed by atoms with van der Waals surface area (Å²) in [6.07, 6.45) is 0.803. The Morgan fingerprint density at radius 2 is 1.93 bits per heavy atom. The van der Waals surface area contributed by atoms with Crippen molar-refractivity contribution >= 4 is 11.6 Å². The van der Waals surface area contributed by atoms with Gasteiger partial charge in [-0.15, -0.1) is 0 Å². The van der Waals surface area contributed by atoms with Gasteiger partial charge in [-0.2, -0.15) is 5.10 Å². The van der Waals surface area contributed by atoms with E-state index in [4.69, 9.17) is 4.74 Å². The fourth-order valence-electron chi connectivity index (χ4n) is 2.78. The number of aryl methyl sites for hydroxylation is 2. The molecule has 1 aromatic heterocycles. The van der Waals surface area contributed by atoms with Gasteiger partial charge in [0.05, 0.1) is 12.8 Å². The standard InChI is InChI=1S/C21H22FN3O2/c1-4-11-25-20(21(26)23-15-7-5-14(2)6-8-15)13-19(24-25)17-10-9-16(27-3)12-18(17)22/h5-10,12-13H,4,11H2,1-3H3,(H,23,26). The summed E-state index contributed by atoms with van der Waals surface area (Å²) in [4.78, 5) is 12.7. The Morgan fingerprint density at radius 1 is 1.19 bits per heavy atom. The minimum atomic E-state index is -0.444. The molecular weight excluding hydrogens is 345 g/mol. The van der Waals surface area contributed by atoms with Crippen LogP contribution in [0.5, 0.6) is 5.75 Å². The predicted octanol–water partition coefficient (Wildman–Crippen LogP) is 4.67. The van der Waals surface area contributed by atoms with Gasteiger partial charge in [-0.25, -0.2) is 4.39 Å². The molecule has 1 N–H and O–H groups in total. The van der Waals surface area contributed by atoms with Crippen LogP contribution in [-0.4, -0.2) is 22.8 Å². The lowest BCUT2D eigenvalue weighted by Gasteiger charge is -2.07. The third-order valence-corrected chi connectivity index (χ3v) is 4.21. The van der Waals surface area contributed by atoms with E-state index in [9.17, 15) is 9.18 Å². The molecule has 3 aromatic rings. The first-order valence-electron chi connectivity index (χ1n) is 8.81. The van der Waals surface area contributed by atoms with Gasteiger partial charge < -0.3 is 10.1 Å². The number of methoxy groups -OCH3 is 1. The molecule has 2 aromatic carbocycles. The van der Waals surface area contributed by atoms with Crippen molar-refractivity contribution in [2.24, 2.45) is 0 Å². The lowest BCUT2D eigenvalue weighted by molar-refractivity contribution is 0.101. The molecule has 0 atom stereocenters. The molecule has 5 nitrogen and oxygen atoms in total. The smallest absolute Gasteiger partial charge is 0.273 e. The maximum atomic E-state index is 14.4. The van der Waals surface area contributed by atoms with E-state index in [1.807, 2.05) is 38.1 Å². The van der Waals surface area contributed by atoms with E-state index >= 15 is 0 Å². The van der Waals surface area contributed by atoms with Gasteiger partial charge in [0.25, 0.3) is 5.91 Å². The summed E-state index contributed by atoms with van der Waals surface area (Å²) >= 11 is 0. The highest BCUT2D eigenvalue weighted by Gasteiger charge is 2.18. The first-order valence-corrected chi connectivity index (χ1v) is 8.81. The van der Waals surface area contributed by atoms with Crippen molar-refractivity contribution < 1.29 is 13.9 Å². The number of aromatic nitrogens is 2. The van der Waals surface area contributed by atoms with Gasteiger partial charge in [0, 0.05) is 23.9 Å². The molecule has 0 aliphatic carbocycles. The third-order valence-electron chi connectivity index (χ3n) is 4.21. The molecule has 0 unspecified atom stereocenters. The zero-order chi connectivity index (χ0) is 19.4. The first kappa shape index (κ1) is 18.6. The number of halogens is 1. The normalized spacial score (nSPS) is 10.7. The van der Waals surface area contributed by atoms with E-state index in [1.54, 1.807) is 22.9 Å². The van der Waals surface area contributed by atoms with Gasteiger partial charge in [0.2, 0.25) is 0 Å². The molecule has 0 saturated carbocycles. The molecule has 0 bridgehead atoms. The van der Waals surface area contributed by atoms with Crippen LogP contribution < -0.4 is 10.1 Å². The van der Waals surface area contributed by atoms with Crippen molar-refractivity contribution in [3.63, 3.8) is 0 Å². The Morgan fingerprint density at radius 3 is 2.56 bits per heavy atom. The molecule has 140 valence electrons. The number of ether oxygens (including phenoxy) is 1. The Kier molecular flexibility index (Phi) is 5.54. The molecule has 0 aliphatic heterocycles. The maximum absolute atomic E-state index is 14.4. The molecule has 0 aliphatic rings. The van der Waals surface area contributed by atoms with Gasteiger partial charge in [0.1, 0.15) is 17.3 Å². The molecular formula is C21H22FN3O2. The molecule has 1 amide bonds. The van der Waals surface area contributed by atoms with Crippen molar-refractivity contribution in [2.75, 3.05) is 12.4 Å². The zero-order valence-corrected chi connectivity index (χ0v) is 15.6. The van der Waals surface area contributed by atoms with Crippen LogP contribution in [0, 0.1) is 12.7 Å². The van der Waals surface area contributed by atoms with Crippen molar-refractivity contribution in [1.82, 2.24) is 9.78 Å². The Labute approximate surface area is 157 Å². The predicted molar refractivity (Wildman–Crippen MR) is 104 cm³/mol. The molecule has 1 heterocycles. The first-order chi connectivity index (χ1) is 13.0. The number of nitrogens with one attached hydrogen (secondary N) is 1. The highest BCUT2D eigenvalue weighted by molar-refractivity contribution is 6.03. The van der Waals surface area contributed by atoms with Crippen LogP contribution in [0.3, 0.4) is 0 Å². The summed E-state index contributed by atoms with van der Waals surface area (Å²) in [7, 11) is 1.48. The van der Waals surface area contributed by atoms with E-state index in [-0.39, 0.29) is 5.91 Å². The van der Waals surface area contributed by atoms with Crippen molar-refractivity contribution in [1.29, 1.82) is 0 Å². The number of anilines is 1. The van der Waals surface area contributed by atoms with E-state index in [0.29, 0.717) is 34.9 Å². The van der Waals surface area contributed by atoms with Crippen molar-refractivity contribution in [3.8, 4) is 17.0 Å². The van der Waals surface area contributed by atoms with Crippen LogP contribution in [0.1, 0.15) is 29.4 Å². The number of amides is 1. The minimum Gasteiger partial charge on any atom is -0.497 e. The van der Waals surface area contributed by atoms with E-state index < -0.39 is 5.82 Å². The Balaban J connectivity index is 1.93. The number of benzene rings is 2. The van der Waals surface area contributed by atoms with Gasteiger partial charge in [0.15, 0.2) is 0 Å². The molecule has 0 saturated heterocycles. The monoisotopic (exact) mass is 367 g/mol.